The van der Waals surface area contributed by atoms with Gasteiger partial charge in [0.15, 0.2) is 0 Å². The summed E-state index contributed by atoms with van der Waals surface area (Å²) in [6.07, 6.45) is 0. The fourth-order valence-electron chi connectivity index (χ4n) is 0. The molecule has 12 heteroatoms. The lowest BCUT2D eigenvalue weighted by atomic mass is 10.4. The Morgan fingerprint density at radius 2 is 0.800 bits per heavy atom. The van der Waals surface area contributed by atoms with Gasteiger partial charge in [0.05, 0.1) is 0 Å². The highest BCUT2D eigenvalue weighted by molar-refractivity contribution is 7.31. The van der Waals surface area contributed by atoms with Gasteiger partial charge in [0.2, 0.25) is 0 Å². The van der Waals surface area contributed by atoms with E-state index in [4.69, 9.17) is 38.9 Å². The molecule has 0 unspecified atom stereocenters. The third-order valence-electron chi connectivity index (χ3n) is 0.730. The molecule has 0 atom stereocenters. The molecule has 0 aliphatic carbocycles. The third kappa shape index (κ3) is 94.3. The van der Waals surface area contributed by atoms with Gasteiger partial charge in [-0.25, -0.2) is 9.59 Å². The van der Waals surface area contributed by atoms with Crippen molar-refractivity contribution in [3.05, 3.63) is 24.3 Å². The minimum Gasteiger partial charge on any atom is -0.478 e. The zero-order valence-corrected chi connectivity index (χ0v) is 12.4. The number of carbonyl (C=O) groups is 2. The van der Waals surface area contributed by atoms with Crippen LogP contribution in [-0.2, 0) is 18.7 Å². The molecule has 0 aliphatic heterocycles. The van der Waals surface area contributed by atoms with Gasteiger partial charge in [-0.15, -0.1) is 19.6 Å². The van der Waals surface area contributed by atoms with Crippen LogP contribution in [0, 0.1) is 0 Å². The molecule has 0 fully saturated rings. The predicted molar refractivity (Wildman–Crippen MR) is 69.0 cm³/mol. The topological polar surface area (TPSA) is 190 Å². The lowest BCUT2D eigenvalue weighted by molar-refractivity contribution is -0.133. The van der Waals surface area contributed by atoms with E-state index in [1.165, 1.54) is 13.8 Å². The van der Waals surface area contributed by atoms with Crippen LogP contribution in [0.2, 0.25) is 0 Å². The van der Waals surface area contributed by atoms with Crippen molar-refractivity contribution < 1.29 is 48.5 Å². The van der Waals surface area contributed by atoms with Crippen LogP contribution in [0.3, 0.4) is 0 Å². The molecule has 20 heavy (non-hydrogen) atoms. The maximum Gasteiger partial charge on any atom is 0.692 e. The van der Waals surface area contributed by atoms with Crippen LogP contribution in [0.5, 0.6) is 0 Å². The molecule has 0 aromatic rings. The highest BCUT2D eigenvalue weighted by Gasteiger charge is 1.93. The van der Waals surface area contributed by atoms with E-state index in [9.17, 15) is 9.59 Å². The molecule has 6 N–H and O–H groups in total. The van der Waals surface area contributed by atoms with Gasteiger partial charge in [-0.3, -0.25) is 0 Å². The number of hydrogen-bond acceptors (Lipinski definition) is 4. The molecule has 0 aliphatic rings. The normalized spacial score (nSPS) is 7.10. The molecule has 0 saturated carbocycles. The highest BCUT2D eigenvalue weighted by atomic mass is 31.1. The van der Waals surface area contributed by atoms with Crippen LogP contribution in [0.4, 0.5) is 0 Å². The van der Waals surface area contributed by atoms with E-state index in [0.717, 1.165) is 0 Å². The van der Waals surface area contributed by atoms with Gasteiger partial charge in [-0.2, -0.15) is 0 Å². The number of hydrogen-bond donors (Lipinski definition) is 6. The largest absolute Gasteiger partial charge is 0.692 e. The first-order chi connectivity index (χ1) is 8.75. The number of rotatable bonds is 2. The minimum atomic E-state index is -2.87. The summed E-state index contributed by atoms with van der Waals surface area (Å²) in [5, 5.41) is 15.8. The average Bonchev–Trinajstić information content (AvgIpc) is 2.15. The van der Waals surface area contributed by atoms with Gasteiger partial charge in [-0.05, 0) is 13.8 Å². The summed E-state index contributed by atoms with van der Waals surface area (Å²) < 4.78 is 17.4. The predicted octanol–water partition coefficient (Wildman–Crippen LogP) is 0.551. The van der Waals surface area contributed by atoms with E-state index in [1.807, 2.05) is 0 Å². The average molecular weight is 334 g/mol. The zero-order valence-electron chi connectivity index (χ0n) is 10.6. The van der Waals surface area contributed by atoms with Gasteiger partial charge >= 0.3 is 28.4 Å². The maximum absolute atomic E-state index is 9.60. The Labute approximate surface area is 116 Å². The zero-order chi connectivity index (χ0) is 17.5. The first-order valence-corrected chi connectivity index (χ1v) is 6.56. The molecule has 10 nitrogen and oxygen atoms in total. The Hall–Kier alpha value is -1.54. The van der Waals surface area contributed by atoms with Crippen molar-refractivity contribution >= 4 is 28.4 Å². The number of carboxylic acids is 2. The smallest absolute Gasteiger partial charge is 0.478 e. The molecule has 0 radical (unpaired) electrons. The summed E-state index contributed by atoms with van der Waals surface area (Å²) in [7, 11) is -5.74. The van der Waals surface area contributed by atoms with Crippen LogP contribution < -0.4 is 0 Å². The molecule has 0 rings (SSSR count). The third-order valence-corrected chi connectivity index (χ3v) is 0.730. The monoisotopic (exact) mass is 334 g/mol. The van der Waals surface area contributed by atoms with Gasteiger partial charge in [0, 0.05) is 20.3 Å². The van der Waals surface area contributed by atoms with Crippen LogP contribution in [-0.4, -0.2) is 41.7 Å². The molecule has 116 valence electrons. The summed E-state index contributed by atoms with van der Waals surface area (Å²) in [6, 6.07) is 0. The fraction of sp³-hybridized carbons (Fsp3) is 0.250. The lowest BCUT2D eigenvalue weighted by Gasteiger charge is -1.79. The minimum absolute atomic E-state index is 0.176. The number of carboxylic acid groups (broad SMARTS) is 2. The summed E-state index contributed by atoms with van der Waals surface area (Å²) >= 11 is 0. The standard InChI is InChI=1S/2C4H6O2.2HO3P/c2*1-3(2)4(5)6;2*1-4(2)3/h2*1H2,2H3,(H,5,6);2*(H-,1,2,3)/p+2. The van der Waals surface area contributed by atoms with Crippen molar-refractivity contribution in [3.8, 4) is 0 Å². The van der Waals surface area contributed by atoms with Crippen LogP contribution >= 0.6 is 16.5 Å². The van der Waals surface area contributed by atoms with Crippen LogP contribution in [0.15, 0.2) is 24.3 Å². The second kappa shape index (κ2) is 17.5. The van der Waals surface area contributed by atoms with E-state index < -0.39 is 28.4 Å². The molecule has 0 heterocycles. The van der Waals surface area contributed by atoms with Gasteiger partial charge in [-0.1, -0.05) is 13.2 Å². The summed E-state index contributed by atoms with van der Waals surface area (Å²) in [5.41, 5.74) is 0.352. The summed E-state index contributed by atoms with van der Waals surface area (Å²) in [5.74, 6) is -1.87. The lowest BCUT2D eigenvalue weighted by Crippen LogP contribution is -1.92. The van der Waals surface area contributed by atoms with Crippen molar-refractivity contribution in [1.29, 1.82) is 0 Å². The van der Waals surface area contributed by atoms with Crippen molar-refractivity contribution in [2.45, 2.75) is 13.8 Å². The van der Waals surface area contributed by atoms with E-state index in [-0.39, 0.29) is 11.1 Å². The van der Waals surface area contributed by atoms with E-state index in [2.05, 4.69) is 13.2 Å². The molecular formula is C8H16O10P2+2. The molecule has 0 aromatic carbocycles. The van der Waals surface area contributed by atoms with Gasteiger partial charge < -0.3 is 10.2 Å². The Morgan fingerprint density at radius 3 is 0.800 bits per heavy atom. The van der Waals surface area contributed by atoms with Crippen molar-refractivity contribution in [2.24, 2.45) is 0 Å². The molecule has 0 bridgehead atoms. The molecule has 0 amide bonds. The van der Waals surface area contributed by atoms with E-state index >= 15 is 0 Å². The second-order valence-corrected chi connectivity index (χ2v) is 3.69. The van der Waals surface area contributed by atoms with Crippen molar-refractivity contribution in [1.82, 2.24) is 0 Å². The Kier molecular flexibility index (Phi) is 23.5. The van der Waals surface area contributed by atoms with Crippen molar-refractivity contribution in [3.63, 3.8) is 0 Å². The first kappa shape index (κ1) is 26.9. The molecule has 0 spiro atoms. The Balaban J connectivity index is -0.0000000871. The maximum atomic E-state index is 9.60. The second-order valence-electron chi connectivity index (χ2n) is 2.68. The van der Waals surface area contributed by atoms with Crippen LogP contribution in [0.1, 0.15) is 13.8 Å². The van der Waals surface area contributed by atoms with E-state index in [1.54, 1.807) is 0 Å². The highest BCUT2D eigenvalue weighted by Crippen LogP contribution is 1.98. The molecule has 0 aromatic heterocycles. The summed E-state index contributed by atoms with van der Waals surface area (Å²) in [4.78, 5) is 47.7. The van der Waals surface area contributed by atoms with Gasteiger partial charge in [0.1, 0.15) is 0 Å². The molecular weight excluding hydrogens is 318 g/mol. The van der Waals surface area contributed by atoms with Gasteiger partial charge in [0.25, 0.3) is 0 Å². The SMILES string of the molecule is C=C(C)C(=O)O.C=C(C)C(=O)O.O=[P+](O)O.O=[P+](O)O. The molecule has 0 saturated heterocycles. The summed E-state index contributed by atoms with van der Waals surface area (Å²) in [6.45, 7) is 9.20. The quantitative estimate of drug-likeness (QED) is 0.307. The van der Waals surface area contributed by atoms with Crippen molar-refractivity contribution in [2.75, 3.05) is 0 Å². The van der Waals surface area contributed by atoms with Crippen LogP contribution in [0.25, 0.3) is 0 Å². The van der Waals surface area contributed by atoms with E-state index in [0.29, 0.717) is 0 Å². The Morgan fingerprint density at radius 1 is 0.750 bits per heavy atom. The first-order valence-electron chi connectivity index (χ1n) is 4.23. The fourth-order valence-corrected chi connectivity index (χ4v) is 0. The number of aliphatic carboxylic acids is 2. The Bertz CT molecular complexity index is 307.